The smallest absolute Gasteiger partial charge is 0.314 e. The summed E-state index contributed by atoms with van der Waals surface area (Å²) in [5.74, 6) is -2.94. The summed E-state index contributed by atoms with van der Waals surface area (Å²) >= 11 is 0. The zero-order chi connectivity index (χ0) is 11.0. The second-order valence-corrected chi connectivity index (χ2v) is 2.68. The van der Waals surface area contributed by atoms with E-state index < -0.39 is 26.1 Å². The highest BCUT2D eigenvalue weighted by atomic mass is 31.1. The lowest BCUT2D eigenvalue weighted by Crippen LogP contribution is -2.13. The average molecular weight is 214 g/mol. The molecule has 0 bridgehead atoms. The van der Waals surface area contributed by atoms with E-state index >= 15 is 0 Å². The molecule has 0 aliphatic heterocycles. The van der Waals surface area contributed by atoms with Crippen LogP contribution in [0.4, 0.5) is 0 Å². The highest BCUT2D eigenvalue weighted by Crippen LogP contribution is 1.99. The number of aliphatic carboxylic acids is 2. The van der Waals surface area contributed by atoms with Crippen LogP contribution in [0.1, 0.15) is 13.3 Å². The van der Waals surface area contributed by atoms with E-state index in [1.165, 1.54) is 6.92 Å². The Hall–Kier alpha value is -0.910. The molecule has 1 unspecified atom stereocenters. The van der Waals surface area contributed by atoms with Crippen LogP contribution in [0.5, 0.6) is 0 Å². The fraction of sp³-hybridized carbons (Fsp3) is 0.600. The van der Waals surface area contributed by atoms with Crippen LogP contribution in [0.15, 0.2) is 0 Å². The summed E-state index contributed by atoms with van der Waals surface area (Å²) in [6.07, 6.45) is -0.310. The molecule has 4 N–H and O–H groups in total. The number of carboxylic acids is 2. The van der Waals surface area contributed by atoms with Crippen molar-refractivity contribution < 1.29 is 34.2 Å². The minimum atomic E-state index is -3.13. The van der Waals surface area contributed by atoms with Crippen LogP contribution in [0, 0.1) is 5.92 Å². The second-order valence-electron chi connectivity index (χ2n) is 2.12. The van der Waals surface area contributed by atoms with Gasteiger partial charge in [-0.1, -0.05) is 6.92 Å². The first-order chi connectivity index (χ1) is 5.77. The second kappa shape index (κ2) is 7.72. The Bertz CT molecular complexity index is 197. The van der Waals surface area contributed by atoms with Gasteiger partial charge in [0.1, 0.15) is 0 Å². The summed E-state index contributed by atoms with van der Waals surface area (Å²) in [7, 11) is -3.13. The van der Waals surface area contributed by atoms with E-state index in [0.717, 1.165) is 0 Å². The summed E-state index contributed by atoms with van der Waals surface area (Å²) in [6, 6.07) is 0. The Kier molecular flexibility index (Phi) is 8.68. The van der Waals surface area contributed by atoms with Crippen molar-refractivity contribution >= 4 is 20.2 Å². The molecular formula is C5H11O7P. The van der Waals surface area contributed by atoms with Crippen molar-refractivity contribution in [3.05, 3.63) is 0 Å². The third kappa shape index (κ3) is 18.2. The van der Waals surface area contributed by atoms with E-state index in [9.17, 15) is 9.59 Å². The average Bonchev–Trinajstić information content (AvgIpc) is 1.83. The van der Waals surface area contributed by atoms with Crippen molar-refractivity contribution in [2.75, 3.05) is 0 Å². The summed E-state index contributed by atoms with van der Waals surface area (Å²) in [6.45, 7) is 1.36. The van der Waals surface area contributed by atoms with Crippen LogP contribution in [-0.2, 0) is 14.2 Å². The van der Waals surface area contributed by atoms with Gasteiger partial charge in [-0.25, -0.2) is 0 Å². The summed E-state index contributed by atoms with van der Waals surface area (Å²) in [5.41, 5.74) is 0. The van der Waals surface area contributed by atoms with Gasteiger partial charge in [-0.2, -0.15) is 0 Å². The Morgan fingerprint density at radius 1 is 1.31 bits per heavy atom. The molecule has 0 aromatic rings. The lowest BCUT2D eigenvalue weighted by molar-refractivity contribution is -0.147. The first kappa shape index (κ1) is 14.6. The molecule has 0 rings (SSSR count). The zero-order valence-corrected chi connectivity index (χ0v) is 7.80. The number of rotatable bonds is 3. The van der Waals surface area contributed by atoms with Gasteiger partial charge in [-0.15, -0.1) is 0 Å². The number of hydrogen-bond donors (Lipinski definition) is 4. The maximum absolute atomic E-state index is 9.97. The molecule has 7 nitrogen and oxygen atoms in total. The van der Waals surface area contributed by atoms with Gasteiger partial charge in [0.15, 0.2) is 0 Å². The molecule has 0 aromatic carbocycles. The molecule has 0 heterocycles. The molecule has 8 heteroatoms. The van der Waals surface area contributed by atoms with E-state index in [4.69, 9.17) is 24.6 Å². The predicted molar refractivity (Wildman–Crippen MR) is 42.5 cm³/mol. The maximum Gasteiger partial charge on any atom is 0.314 e. The third-order valence-electron chi connectivity index (χ3n) is 0.902. The monoisotopic (exact) mass is 214 g/mol. The van der Waals surface area contributed by atoms with Gasteiger partial charge in [0.25, 0.3) is 0 Å². The quantitative estimate of drug-likeness (QED) is 0.467. The van der Waals surface area contributed by atoms with Gasteiger partial charge < -0.3 is 20.0 Å². The van der Waals surface area contributed by atoms with Gasteiger partial charge in [-0.05, 0) is 0 Å². The standard InChI is InChI=1S/C5H8O4.H3O3P/c1-3(5(8)9)2-4(6)7;1-4(2)3/h3H,2H2,1H3,(H,6,7)(H,8,9);4H,(H2,1,2,3). The van der Waals surface area contributed by atoms with E-state index in [1.54, 1.807) is 0 Å². The van der Waals surface area contributed by atoms with Crippen LogP contribution < -0.4 is 0 Å². The van der Waals surface area contributed by atoms with Crippen LogP contribution in [0.2, 0.25) is 0 Å². The number of carbonyl (C=O) groups is 2. The van der Waals surface area contributed by atoms with Crippen LogP contribution in [0.25, 0.3) is 0 Å². The van der Waals surface area contributed by atoms with Gasteiger partial charge in [0, 0.05) is 0 Å². The Morgan fingerprint density at radius 3 is 1.69 bits per heavy atom. The van der Waals surface area contributed by atoms with Crippen molar-refractivity contribution in [3.8, 4) is 0 Å². The zero-order valence-electron chi connectivity index (χ0n) is 6.80. The molecule has 1 atom stereocenters. The Morgan fingerprint density at radius 2 is 1.62 bits per heavy atom. The summed E-state index contributed by atoms with van der Waals surface area (Å²) < 4.78 is 8.74. The van der Waals surface area contributed by atoms with Crippen LogP contribution in [0.3, 0.4) is 0 Å². The topological polar surface area (TPSA) is 132 Å². The summed E-state index contributed by atoms with van der Waals surface area (Å²) in [4.78, 5) is 34.1. The predicted octanol–water partition coefficient (Wildman–Crippen LogP) is -0.458. The third-order valence-corrected chi connectivity index (χ3v) is 0.902. The molecule has 0 saturated heterocycles. The Labute approximate surface area is 74.6 Å². The van der Waals surface area contributed by atoms with Gasteiger partial charge in [0.2, 0.25) is 0 Å². The highest BCUT2D eigenvalue weighted by molar-refractivity contribution is 7.30. The first-order valence-corrected chi connectivity index (χ1v) is 4.44. The van der Waals surface area contributed by atoms with Gasteiger partial charge in [0.05, 0.1) is 12.3 Å². The Balaban J connectivity index is 0. The SMILES string of the molecule is CC(CC(=O)O)C(=O)O.O=[PH](O)O. The molecule has 0 spiro atoms. The maximum atomic E-state index is 9.97. The van der Waals surface area contributed by atoms with E-state index in [2.05, 4.69) is 0 Å². The fourth-order valence-corrected chi connectivity index (χ4v) is 0.349. The molecule has 13 heavy (non-hydrogen) atoms. The van der Waals surface area contributed by atoms with E-state index in [-0.39, 0.29) is 6.42 Å². The fourth-order valence-electron chi connectivity index (χ4n) is 0.349. The van der Waals surface area contributed by atoms with Crippen molar-refractivity contribution in [2.45, 2.75) is 13.3 Å². The minimum Gasteiger partial charge on any atom is -0.481 e. The molecule has 0 aromatic heterocycles. The van der Waals surface area contributed by atoms with Crippen molar-refractivity contribution in [1.82, 2.24) is 0 Å². The van der Waals surface area contributed by atoms with E-state index in [1.807, 2.05) is 0 Å². The molecule has 0 fully saturated rings. The molecule has 78 valence electrons. The molecular weight excluding hydrogens is 203 g/mol. The molecule has 0 saturated carbocycles. The largest absolute Gasteiger partial charge is 0.481 e. The molecule has 0 radical (unpaired) electrons. The normalized spacial score (nSPS) is 11.4. The lowest BCUT2D eigenvalue weighted by atomic mass is 10.1. The van der Waals surface area contributed by atoms with Gasteiger partial charge in [-0.3, -0.25) is 14.2 Å². The van der Waals surface area contributed by atoms with E-state index in [0.29, 0.717) is 0 Å². The number of carboxylic acid groups (broad SMARTS) is 2. The molecule has 0 amide bonds. The number of hydrogen-bond acceptors (Lipinski definition) is 3. The van der Waals surface area contributed by atoms with Crippen LogP contribution in [-0.4, -0.2) is 31.9 Å². The first-order valence-electron chi connectivity index (χ1n) is 3.13. The van der Waals surface area contributed by atoms with Crippen molar-refractivity contribution in [2.24, 2.45) is 5.92 Å². The van der Waals surface area contributed by atoms with Crippen molar-refractivity contribution in [1.29, 1.82) is 0 Å². The lowest BCUT2D eigenvalue weighted by Gasteiger charge is -1.98. The highest BCUT2D eigenvalue weighted by Gasteiger charge is 2.13. The minimum absolute atomic E-state index is 0.310. The van der Waals surface area contributed by atoms with Gasteiger partial charge >= 0.3 is 20.2 Å². The van der Waals surface area contributed by atoms with Crippen molar-refractivity contribution in [3.63, 3.8) is 0 Å². The van der Waals surface area contributed by atoms with Crippen LogP contribution >= 0.6 is 8.25 Å². The molecule has 0 aliphatic carbocycles. The molecule has 0 aliphatic rings. The summed E-state index contributed by atoms with van der Waals surface area (Å²) in [5, 5.41) is 16.2.